The summed E-state index contributed by atoms with van der Waals surface area (Å²) >= 11 is 0. The molecule has 0 atom stereocenters. The van der Waals surface area contributed by atoms with Crippen molar-refractivity contribution in [1.29, 1.82) is 0 Å². The summed E-state index contributed by atoms with van der Waals surface area (Å²) < 4.78 is 27.5. The molecule has 0 amide bonds. The Kier molecular flexibility index (Phi) is 4.79. The van der Waals surface area contributed by atoms with Gasteiger partial charge in [-0.2, -0.15) is 0 Å². The molecular formula is C16H19N3O4S. The maximum atomic E-state index is 12.6. The van der Waals surface area contributed by atoms with Gasteiger partial charge >= 0.3 is 5.97 Å². The molecule has 0 aliphatic heterocycles. The van der Waals surface area contributed by atoms with Crippen LogP contribution in [0.15, 0.2) is 35.4 Å². The number of pyridine rings is 1. The van der Waals surface area contributed by atoms with Gasteiger partial charge in [0, 0.05) is 14.1 Å². The first kappa shape index (κ1) is 17.7. The quantitative estimate of drug-likeness (QED) is 0.859. The predicted molar refractivity (Wildman–Crippen MR) is 92.2 cm³/mol. The van der Waals surface area contributed by atoms with Crippen molar-refractivity contribution in [3.05, 3.63) is 47.2 Å². The molecular weight excluding hydrogens is 330 g/mol. The van der Waals surface area contributed by atoms with Crippen molar-refractivity contribution in [2.45, 2.75) is 18.7 Å². The highest BCUT2D eigenvalue weighted by Crippen LogP contribution is 2.24. The zero-order valence-electron chi connectivity index (χ0n) is 13.9. The van der Waals surface area contributed by atoms with E-state index in [0.717, 1.165) is 5.56 Å². The van der Waals surface area contributed by atoms with Crippen LogP contribution in [-0.4, -0.2) is 38.6 Å². The maximum absolute atomic E-state index is 12.6. The Bertz CT molecular complexity index is 892. The zero-order valence-corrected chi connectivity index (χ0v) is 14.7. The number of rotatable bonds is 5. The molecule has 0 unspecified atom stereocenters. The summed E-state index contributed by atoms with van der Waals surface area (Å²) in [5.41, 5.74) is 1.43. The van der Waals surface area contributed by atoms with Crippen molar-refractivity contribution in [2.75, 3.05) is 23.7 Å². The van der Waals surface area contributed by atoms with Crippen LogP contribution in [0.2, 0.25) is 0 Å². The van der Waals surface area contributed by atoms with Crippen LogP contribution in [0.4, 0.5) is 11.5 Å². The normalized spacial score (nSPS) is 11.2. The van der Waals surface area contributed by atoms with Gasteiger partial charge in [0.15, 0.2) is 0 Å². The number of hydrogen-bond acceptors (Lipinski definition) is 5. The second-order valence-corrected chi connectivity index (χ2v) is 7.32. The fourth-order valence-corrected chi connectivity index (χ4v) is 3.60. The Morgan fingerprint density at radius 3 is 2.46 bits per heavy atom. The van der Waals surface area contributed by atoms with Crippen molar-refractivity contribution < 1.29 is 18.3 Å². The van der Waals surface area contributed by atoms with Gasteiger partial charge < -0.3 is 10.0 Å². The lowest BCUT2D eigenvalue weighted by Crippen LogP contribution is -2.18. The van der Waals surface area contributed by atoms with Gasteiger partial charge in [0.2, 0.25) is 0 Å². The fraction of sp³-hybridized carbons (Fsp3) is 0.250. The van der Waals surface area contributed by atoms with Crippen LogP contribution < -0.4 is 9.62 Å². The second-order valence-electron chi connectivity index (χ2n) is 5.67. The number of benzene rings is 1. The molecule has 128 valence electrons. The van der Waals surface area contributed by atoms with E-state index < -0.39 is 16.0 Å². The summed E-state index contributed by atoms with van der Waals surface area (Å²) in [7, 11) is -0.516. The molecule has 0 aliphatic rings. The van der Waals surface area contributed by atoms with E-state index in [0.29, 0.717) is 5.56 Å². The minimum atomic E-state index is -3.84. The average molecular weight is 349 g/mol. The van der Waals surface area contributed by atoms with Crippen LogP contribution in [0.1, 0.15) is 21.5 Å². The smallest absolute Gasteiger partial charge is 0.339 e. The summed E-state index contributed by atoms with van der Waals surface area (Å²) in [5.74, 6) is -0.934. The van der Waals surface area contributed by atoms with Gasteiger partial charge in [-0.3, -0.25) is 4.72 Å². The molecule has 1 aromatic heterocycles. The number of anilines is 2. The van der Waals surface area contributed by atoms with Crippen molar-refractivity contribution >= 4 is 27.5 Å². The largest absolute Gasteiger partial charge is 0.478 e. The molecule has 0 spiro atoms. The number of nitrogens with zero attached hydrogens (tertiary/aromatic N) is 2. The van der Waals surface area contributed by atoms with Gasteiger partial charge in [0.25, 0.3) is 10.0 Å². The molecule has 1 aromatic carbocycles. The lowest BCUT2D eigenvalue weighted by molar-refractivity contribution is 0.0697. The fourth-order valence-electron chi connectivity index (χ4n) is 2.23. The molecule has 8 heteroatoms. The summed E-state index contributed by atoms with van der Waals surface area (Å²) in [5, 5.41) is 9.29. The molecule has 1 heterocycles. The van der Waals surface area contributed by atoms with Crippen molar-refractivity contribution in [3.8, 4) is 0 Å². The molecule has 0 saturated heterocycles. The molecule has 2 rings (SSSR count). The number of carboxylic acids is 1. The van der Waals surface area contributed by atoms with E-state index in [4.69, 9.17) is 0 Å². The van der Waals surface area contributed by atoms with Crippen LogP contribution in [0.25, 0.3) is 0 Å². The molecule has 2 aromatic rings. The van der Waals surface area contributed by atoms with E-state index in [9.17, 15) is 18.3 Å². The van der Waals surface area contributed by atoms with Gasteiger partial charge in [-0.15, -0.1) is 0 Å². The number of carbonyl (C=O) groups is 1. The first-order valence-electron chi connectivity index (χ1n) is 7.12. The minimum Gasteiger partial charge on any atom is -0.478 e. The lowest BCUT2D eigenvalue weighted by atomic mass is 10.2. The summed E-state index contributed by atoms with van der Waals surface area (Å²) in [4.78, 5) is 17.1. The molecule has 0 saturated carbocycles. The van der Waals surface area contributed by atoms with E-state index in [1.165, 1.54) is 12.3 Å². The number of hydrogen-bond donors (Lipinski definition) is 2. The van der Waals surface area contributed by atoms with E-state index in [-0.39, 0.29) is 22.0 Å². The van der Waals surface area contributed by atoms with E-state index >= 15 is 0 Å². The highest BCUT2D eigenvalue weighted by atomic mass is 32.2. The zero-order chi connectivity index (χ0) is 18.1. The minimum absolute atomic E-state index is 0.0823. The Morgan fingerprint density at radius 2 is 1.88 bits per heavy atom. The summed E-state index contributed by atoms with van der Waals surface area (Å²) in [6.45, 7) is 3.50. The average Bonchev–Trinajstić information content (AvgIpc) is 2.48. The Balaban J connectivity index is 2.45. The van der Waals surface area contributed by atoms with Gasteiger partial charge in [0.05, 0.1) is 16.8 Å². The standard InChI is InChI=1S/C16H19N3O4S/c1-10-5-6-11(2)14(7-10)24(22,23)18-12-8-13(16(20)21)15(17-9-12)19(3)4/h5-9,18H,1-4H3,(H,20,21). The summed E-state index contributed by atoms with van der Waals surface area (Å²) in [6.07, 6.45) is 1.30. The lowest BCUT2D eigenvalue weighted by Gasteiger charge is -2.16. The second kappa shape index (κ2) is 6.48. The maximum Gasteiger partial charge on any atom is 0.339 e. The van der Waals surface area contributed by atoms with Gasteiger partial charge in [-0.25, -0.2) is 18.2 Å². The Morgan fingerprint density at radius 1 is 1.21 bits per heavy atom. The number of carboxylic acid groups (broad SMARTS) is 1. The van der Waals surface area contributed by atoms with Gasteiger partial charge in [-0.1, -0.05) is 12.1 Å². The van der Waals surface area contributed by atoms with Crippen LogP contribution in [-0.2, 0) is 10.0 Å². The Hall–Kier alpha value is -2.61. The third-order valence-electron chi connectivity index (χ3n) is 3.41. The van der Waals surface area contributed by atoms with E-state index in [2.05, 4.69) is 9.71 Å². The summed E-state index contributed by atoms with van der Waals surface area (Å²) in [6, 6.07) is 6.37. The molecule has 0 bridgehead atoms. The number of sulfonamides is 1. The van der Waals surface area contributed by atoms with Crippen LogP contribution in [0.3, 0.4) is 0 Å². The van der Waals surface area contributed by atoms with Gasteiger partial charge in [-0.05, 0) is 37.1 Å². The third kappa shape index (κ3) is 3.65. The predicted octanol–water partition coefficient (Wildman–Crippen LogP) is 2.26. The molecule has 0 aliphatic carbocycles. The van der Waals surface area contributed by atoms with Crippen LogP contribution >= 0.6 is 0 Å². The molecule has 24 heavy (non-hydrogen) atoms. The first-order valence-corrected chi connectivity index (χ1v) is 8.61. The highest BCUT2D eigenvalue weighted by molar-refractivity contribution is 7.92. The third-order valence-corrected chi connectivity index (χ3v) is 4.93. The Labute approximate surface area is 141 Å². The van der Waals surface area contributed by atoms with Crippen LogP contribution in [0.5, 0.6) is 0 Å². The molecule has 7 nitrogen and oxygen atoms in total. The molecule has 0 fully saturated rings. The monoisotopic (exact) mass is 349 g/mol. The first-order chi connectivity index (χ1) is 11.1. The SMILES string of the molecule is Cc1ccc(C)c(S(=O)(=O)Nc2cnc(N(C)C)c(C(=O)O)c2)c1. The topological polar surface area (TPSA) is 99.6 Å². The molecule has 0 radical (unpaired) electrons. The van der Waals surface area contributed by atoms with E-state index in [1.54, 1.807) is 45.0 Å². The highest BCUT2D eigenvalue weighted by Gasteiger charge is 2.20. The van der Waals surface area contributed by atoms with E-state index in [1.807, 2.05) is 6.07 Å². The van der Waals surface area contributed by atoms with Crippen molar-refractivity contribution in [1.82, 2.24) is 4.98 Å². The number of aromatic nitrogens is 1. The van der Waals surface area contributed by atoms with Gasteiger partial charge in [0.1, 0.15) is 11.4 Å². The van der Waals surface area contributed by atoms with Crippen molar-refractivity contribution in [2.24, 2.45) is 0 Å². The number of aromatic carboxylic acids is 1. The van der Waals surface area contributed by atoms with Crippen LogP contribution in [0, 0.1) is 13.8 Å². The molecule has 2 N–H and O–H groups in total. The number of nitrogens with one attached hydrogen (secondary N) is 1. The number of aryl methyl sites for hydroxylation is 2. The van der Waals surface area contributed by atoms with Crippen molar-refractivity contribution in [3.63, 3.8) is 0 Å².